The molecule has 0 aromatic heterocycles. The molecule has 26 heavy (non-hydrogen) atoms. The zero-order valence-electron chi connectivity index (χ0n) is 15.1. The van der Waals surface area contributed by atoms with E-state index in [9.17, 15) is 9.59 Å². The van der Waals surface area contributed by atoms with Crippen LogP contribution in [-0.4, -0.2) is 41.6 Å². The van der Waals surface area contributed by atoms with E-state index in [1.165, 1.54) is 11.0 Å². The molecule has 1 heterocycles. The summed E-state index contributed by atoms with van der Waals surface area (Å²) in [7, 11) is 1.54. The number of amides is 2. The summed E-state index contributed by atoms with van der Waals surface area (Å²) in [5.41, 5.74) is 0.640. The highest BCUT2D eigenvalue weighted by Gasteiger charge is 2.32. The monoisotopic (exact) mass is 374 g/mol. The topological polar surface area (TPSA) is 67.9 Å². The highest BCUT2D eigenvalue weighted by Crippen LogP contribution is 2.30. The minimum Gasteiger partial charge on any atom is -0.493 e. The molecule has 138 valence electrons. The van der Waals surface area contributed by atoms with Gasteiger partial charge in [-0.15, -0.1) is 6.58 Å². The third kappa shape index (κ3) is 4.29. The van der Waals surface area contributed by atoms with Crippen LogP contribution in [0.3, 0.4) is 0 Å². The maximum absolute atomic E-state index is 12.6. The van der Waals surface area contributed by atoms with Gasteiger partial charge in [0, 0.05) is 6.54 Å². The molecule has 0 spiro atoms. The molecule has 0 radical (unpaired) electrons. The van der Waals surface area contributed by atoms with Crippen LogP contribution in [0.4, 0.5) is 0 Å². The minimum absolute atomic E-state index is 0.00176. The van der Waals surface area contributed by atoms with Gasteiger partial charge in [-0.25, -0.2) is 0 Å². The van der Waals surface area contributed by atoms with Crippen LogP contribution in [0.1, 0.15) is 25.8 Å². The number of hydrogen-bond acceptors (Lipinski definition) is 5. The second kappa shape index (κ2) is 8.62. The lowest BCUT2D eigenvalue weighted by Crippen LogP contribution is -2.53. The molecule has 7 heteroatoms. The van der Waals surface area contributed by atoms with Crippen molar-refractivity contribution < 1.29 is 19.1 Å². The lowest BCUT2D eigenvalue weighted by atomic mass is 10.1. The maximum atomic E-state index is 12.6. The molecule has 0 bridgehead atoms. The van der Waals surface area contributed by atoms with E-state index in [0.717, 1.165) is 6.42 Å². The zero-order chi connectivity index (χ0) is 19.3. The first kappa shape index (κ1) is 19.7. The quantitative estimate of drug-likeness (QED) is 0.344. The Labute approximate surface area is 158 Å². The van der Waals surface area contributed by atoms with Crippen LogP contribution in [0.25, 0.3) is 6.08 Å². The number of carbonyl (C=O) groups excluding carboxylic acids is 2. The highest BCUT2D eigenvalue weighted by atomic mass is 32.1. The van der Waals surface area contributed by atoms with Gasteiger partial charge in [-0.3, -0.25) is 19.8 Å². The van der Waals surface area contributed by atoms with Gasteiger partial charge in [-0.05, 0) is 49.3 Å². The Balaban J connectivity index is 2.35. The molecule has 1 aliphatic heterocycles. The summed E-state index contributed by atoms with van der Waals surface area (Å²) in [6.45, 7) is 7.82. The summed E-state index contributed by atoms with van der Waals surface area (Å²) in [6.07, 6.45) is 3.96. The first-order valence-corrected chi connectivity index (χ1v) is 8.66. The van der Waals surface area contributed by atoms with Crippen molar-refractivity contribution in [2.24, 2.45) is 0 Å². The number of nitrogens with zero attached hydrogens (tertiary/aromatic N) is 1. The van der Waals surface area contributed by atoms with Crippen molar-refractivity contribution >= 4 is 35.2 Å². The van der Waals surface area contributed by atoms with E-state index in [1.807, 2.05) is 13.8 Å². The van der Waals surface area contributed by atoms with Crippen molar-refractivity contribution in [1.82, 2.24) is 10.2 Å². The van der Waals surface area contributed by atoms with E-state index in [-0.39, 0.29) is 23.3 Å². The molecule has 0 saturated carbocycles. The van der Waals surface area contributed by atoms with Crippen LogP contribution in [0.5, 0.6) is 11.5 Å². The molecule has 2 amide bonds. The van der Waals surface area contributed by atoms with Gasteiger partial charge in [0.15, 0.2) is 16.6 Å². The van der Waals surface area contributed by atoms with Crippen molar-refractivity contribution in [2.45, 2.75) is 26.4 Å². The van der Waals surface area contributed by atoms with Crippen LogP contribution in [0.15, 0.2) is 36.4 Å². The molecule has 1 aromatic carbocycles. The normalized spacial score (nSPS) is 17.1. The fourth-order valence-corrected chi connectivity index (χ4v) is 2.58. The molecule has 1 N–H and O–H groups in total. The number of benzene rings is 1. The lowest BCUT2D eigenvalue weighted by Gasteiger charge is -2.27. The van der Waals surface area contributed by atoms with Crippen LogP contribution >= 0.6 is 12.2 Å². The first-order chi connectivity index (χ1) is 12.4. The van der Waals surface area contributed by atoms with Crippen molar-refractivity contribution in [3.05, 3.63) is 42.0 Å². The molecule has 6 nitrogen and oxygen atoms in total. The summed E-state index contributed by atoms with van der Waals surface area (Å²) in [5, 5.41) is 2.59. The summed E-state index contributed by atoms with van der Waals surface area (Å²) in [4.78, 5) is 26.0. The molecule has 1 saturated heterocycles. The van der Waals surface area contributed by atoms with Crippen LogP contribution in [0, 0.1) is 0 Å². The molecular formula is C19H22N2O4S. The maximum Gasteiger partial charge on any atom is 0.265 e. The van der Waals surface area contributed by atoms with Gasteiger partial charge in [0.1, 0.15) is 5.57 Å². The van der Waals surface area contributed by atoms with E-state index >= 15 is 0 Å². The molecule has 0 unspecified atom stereocenters. The number of thiocarbonyl (C=S) groups is 1. The number of nitrogens with one attached hydrogen (secondary N) is 1. The smallest absolute Gasteiger partial charge is 0.265 e. The van der Waals surface area contributed by atoms with E-state index in [1.54, 1.807) is 31.4 Å². The van der Waals surface area contributed by atoms with Gasteiger partial charge in [-0.1, -0.05) is 19.1 Å². The Hall–Kier alpha value is -2.67. The lowest BCUT2D eigenvalue weighted by molar-refractivity contribution is -0.128. The summed E-state index contributed by atoms with van der Waals surface area (Å²) in [6, 6.07) is 5.24. The second-order valence-electron chi connectivity index (χ2n) is 5.77. The Morgan fingerprint density at radius 2 is 2.08 bits per heavy atom. The molecule has 1 aliphatic rings. The third-order valence-electron chi connectivity index (χ3n) is 3.90. The zero-order valence-corrected chi connectivity index (χ0v) is 15.9. The molecule has 1 fully saturated rings. The highest BCUT2D eigenvalue weighted by molar-refractivity contribution is 7.80. The summed E-state index contributed by atoms with van der Waals surface area (Å²) < 4.78 is 11.2. The van der Waals surface area contributed by atoms with Gasteiger partial charge in [-0.2, -0.15) is 0 Å². The van der Waals surface area contributed by atoms with Crippen LogP contribution in [0.2, 0.25) is 0 Å². The van der Waals surface area contributed by atoms with Gasteiger partial charge < -0.3 is 9.47 Å². The van der Waals surface area contributed by atoms with Gasteiger partial charge in [0.2, 0.25) is 0 Å². The van der Waals surface area contributed by atoms with Gasteiger partial charge in [0.25, 0.3) is 11.8 Å². The number of carbonyl (C=O) groups is 2. The van der Waals surface area contributed by atoms with Crippen LogP contribution in [-0.2, 0) is 9.59 Å². The third-order valence-corrected chi connectivity index (χ3v) is 4.22. The number of hydrogen-bond donors (Lipinski definition) is 1. The van der Waals surface area contributed by atoms with Crippen molar-refractivity contribution in [3.8, 4) is 11.5 Å². The second-order valence-corrected chi connectivity index (χ2v) is 6.16. The molecule has 2 rings (SSSR count). The molecule has 0 aliphatic carbocycles. The molecular weight excluding hydrogens is 352 g/mol. The molecule has 1 atom stereocenters. The van der Waals surface area contributed by atoms with Crippen LogP contribution < -0.4 is 14.8 Å². The fourth-order valence-electron chi connectivity index (χ4n) is 2.33. The number of rotatable bonds is 7. The van der Waals surface area contributed by atoms with Gasteiger partial charge in [0.05, 0.1) is 13.2 Å². The number of methoxy groups -OCH3 is 1. The van der Waals surface area contributed by atoms with Crippen molar-refractivity contribution in [2.75, 3.05) is 13.7 Å². The predicted octanol–water partition coefficient (Wildman–Crippen LogP) is 2.69. The predicted molar refractivity (Wildman–Crippen MR) is 104 cm³/mol. The first-order valence-electron chi connectivity index (χ1n) is 8.25. The Morgan fingerprint density at radius 3 is 2.69 bits per heavy atom. The minimum atomic E-state index is -0.529. The molecule has 1 aromatic rings. The fraction of sp³-hybridized carbons (Fsp3) is 0.316. The van der Waals surface area contributed by atoms with Gasteiger partial charge >= 0.3 is 0 Å². The van der Waals surface area contributed by atoms with E-state index in [4.69, 9.17) is 21.7 Å². The average molecular weight is 374 g/mol. The van der Waals surface area contributed by atoms with E-state index in [0.29, 0.717) is 17.1 Å². The van der Waals surface area contributed by atoms with E-state index < -0.39 is 11.8 Å². The average Bonchev–Trinajstić information content (AvgIpc) is 2.63. The standard InChI is InChI=1S/C19H22N2O4S/c1-5-9-21-18(23)14(17(22)20-19(21)26)10-13-7-8-15(16(11-13)24-4)25-12(3)6-2/h5,7-8,10-12H,1,6,9H2,2-4H3,(H,20,22,26)/b14-10+/t12-/m1/s1. The Morgan fingerprint density at radius 1 is 1.35 bits per heavy atom. The SMILES string of the molecule is C=CCN1C(=O)/C(=C/c2ccc(O[C@H](C)CC)c(OC)c2)C(=O)NC1=S. The summed E-state index contributed by atoms with van der Waals surface area (Å²) >= 11 is 5.03. The summed E-state index contributed by atoms with van der Waals surface area (Å²) in [5.74, 6) is 0.149. The van der Waals surface area contributed by atoms with Crippen molar-refractivity contribution in [1.29, 1.82) is 0 Å². The Kier molecular flexibility index (Phi) is 6.52. The van der Waals surface area contributed by atoms with E-state index in [2.05, 4.69) is 11.9 Å². The Bertz CT molecular complexity index is 773. The van der Waals surface area contributed by atoms with Crippen molar-refractivity contribution in [3.63, 3.8) is 0 Å². The largest absolute Gasteiger partial charge is 0.493 e. The number of ether oxygens (including phenoxy) is 2.